The number of anilines is 3. The summed E-state index contributed by atoms with van der Waals surface area (Å²) in [4.78, 5) is 26.4. The van der Waals surface area contributed by atoms with Gasteiger partial charge in [-0.3, -0.25) is 20.3 Å². The molecule has 3 rings (SSSR count). The number of hydrogen-bond donors (Lipinski definition) is 5. The Morgan fingerprint density at radius 1 is 1.22 bits per heavy atom. The molecule has 12 heteroatoms. The van der Waals surface area contributed by atoms with Gasteiger partial charge in [-0.05, 0) is 42.5 Å². The van der Waals surface area contributed by atoms with Crippen molar-refractivity contribution in [3.63, 3.8) is 0 Å². The number of benzene rings is 2. The lowest BCUT2D eigenvalue weighted by molar-refractivity contribution is -0.150. The van der Waals surface area contributed by atoms with Crippen LogP contribution in [-0.2, 0) is 14.3 Å². The fraction of sp³-hybridized carbons (Fsp3) is 0.250. The molecule has 2 aromatic rings. The van der Waals surface area contributed by atoms with Gasteiger partial charge in [0.15, 0.2) is 12.2 Å². The fourth-order valence-corrected chi connectivity index (χ4v) is 3.09. The second-order valence-electron chi connectivity index (χ2n) is 6.88. The van der Waals surface area contributed by atoms with Crippen molar-refractivity contribution in [2.45, 2.75) is 18.5 Å². The van der Waals surface area contributed by atoms with E-state index in [0.29, 0.717) is 11.3 Å². The smallest absolute Gasteiger partial charge is 0.384 e. The maximum Gasteiger partial charge on any atom is 0.482 e. The number of carbonyl (C=O) groups is 2. The highest BCUT2D eigenvalue weighted by Crippen LogP contribution is 2.26. The van der Waals surface area contributed by atoms with Gasteiger partial charge in [0, 0.05) is 29.2 Å². The van der Waals surface area contributed by atoms with E-state index >= 15 is 0 Å². The second kappa shape index (κ2) is 9.24. The molecule has 0 aliphatic carbocycles. The average molecular weight is 451 g/mol. The number of rotatable bonds is 6. The molecule has 0 radical (unpaired) electrons. The van der Waals surface area contributed by atoms with Gasteiger partial charge < -0.3 is 25.8 Å². The van der Waals surface area contributed by atoms with Crippen LogP contribution >= 0.6 is 0 Å². The quantitative estimate of drug-likeness (QED) is 0.257. The molecule has 2 atom stereocenters. The minimum atomic E-state index is -4.65. The van der Waals surface area contributed by atoms with Crippen LogP contribution in [0.2, 0.25) is 0 Å². The van der Waals surface area contributed by atoms with Crippen LogP contribution in [0.4, 0.5) is 30.2 Å². The molecule has 1 saturated heterocycles. The molecule has 2 aromatic carbocycles. The van der Waals surface area contributed by atoms with E-state index in [0.717, 1.165) is 11.0 Å². The molecule has 32 heavy (non-hydrogen) atoms. The molecule has 1 aliphatic heterocycles. The minimum absolute atomic E-state index is 0.0334. The Kier molecular flexibility index (Phi) is 6.65. The molecule has 1 fully saturated rings. The number of aliphatic hydroxyl groups excluding tert-OH is 1. The van der Waals surface area contributed by atoms with Gasteiger partial charge >= 0.3 is 6.30 Å². The molecule has 0 saturated carbocycles. The number of nitrogens with zero attached hydrogens (tertiary/aromatic N) is 1. The second-order valence-corrected chi connectivity index (χ2v) is 6.88. The van der Waals surface area contributed by atoms with E-state index in [-0.39, 0.29) is 30.4 Å². The summed E-state index contributed by atoms with van der Waals surface area (Å²) in [6.07, 6.45) is -8.05. The molecule has 0 spiro atoms. The first-order valence-corrected chi connectivity index (χ1v) is 9.36. The highest BCUT2D eigenvalue weighted by molar-refractivity contribution is 6.04. The summed E-state index contributed by atoms with van der Waals surface area (Å²) >= 11 is 0. The maximum atomic E-state index is 12.8. The number of nitrogen functional groups attached to an aromatic ring is 1. The van der Waals surface area contributed by atoms with Crippen LogP contribution in [0.3, 0.4) is 0 Å². The van der Waals surface area contributed by atoms with E-state index in [1.54, 1.807) is 0 Å². The number of ether oxygens (including phenoxy) is 1. The molecule has 1 aliphatic rings. The Morgan fingerprint density at radius 2 is 1.91 bits per heavy atom. The van der Waals surface area contributed by atoms with Gasteiger partial charge in [-0.1, -0.05) is 6.07 Å². The van der Waals surface area contributed by atoms with Crippen molar-refractivity contribution in [3.8, 4) is 0 Å². The molecule has 170 valence electrons. The normalized spacial score (nSPS) is 17.6. The summed E-state index contributed by atoms with van der Waals surface area (Å²) in [7, 11) is 0. The van der Waals surface area contributed by atoms with Crippen molar-refractivity contribution < 1.29 is 32.6 Å². The summed E-state index contributed by atoms with van der Waals surface area (Å²) in [5, 5.41) is 21.5. The number of amidine groups is 1. The number of alkyl halides is 3. The van der Waals surface area contributed by atoms with Gasteiger partial charge in [0.25, 0.3) is 11.8 Å². The third-order valence-corrected chi connectivity index (χ3v) is 4.58. The summed E-state index contributed by atoms with van der Waals surface area (Å²) in [6.45, 7) is -0.00334. The predicted octanol–water partition coefficient (Wildman–Crippen LogP) is 1.63. The van der Waals surface area contributed by atoms with Gasteiger partial charge in [0.2, 0.25) is 0 Å². The molecule has 0 bridgehead atoms. The predicted molar refractivity (Wildman–Crippen MR) is 110 cm³/mol. The minimum Gasteiger partial charge on any atom is -0.384 e. The lowest BCUT2D eigenvalue weighted by Crippen LogP contribution is -2.55. The Balaban J connectivity index is 1.70. The van der Waals surface area contributed by atoms with Crippen molar-refractivity contribution in [3.05, 3.63) is 54.1 Å². The number of hydrogen-bond acceptors (Lipinski definition) is 6. The van der Waals surface area contributed by atoms with Crippen LogP contribution < -0.4 is 21.3 Å². The molecule has 2 amide bonds. The SMILES string of the molecule is N=C(N)c1ccc(NC(=O)[C@H](O)[C@H]2OCCN(c3cccc(NC(F)(F)F)c3)C2=O)cc1. The number of nitrogens with two attached hydrogens (primary N) is 1. The lowest BCUT2D eigenvalue weighted by Gasteiger charge is -2.34. The molecular formula is C20H20F3N5O4. The van der Waals surface area contributed by atoms with Crippen molar-refractivity contribution in [2.24, 2.45) is 5.73 Å². The molecule has 0 unspecified atom stereocenters. The zero-order valence-electron chi connectivity index (χ0n) is 16.5. The number of halogens is 3. The summed E-state index contributed by atoms with van der Waals surface area (Å²) in [5.41, 5.74) is 5.99. The maximum absolute atomic E-state index is 12.8. The van der Waals surface area contributed by atoms with E-state index in [4.69, 9.17) is 15.9 Å². The van der Waals surface area contributed by atoms with Crippen molar-refractivity contribution in [1.82, 2.24) is 0 Å². The summed E-state index contributed by atoms with van der Waals surface area (Å²) in [6, 6.07) is 11.0. The fourth-order valence-electron chi connectivity index (χ4n) is 3.09. The van der Waals surface area contributed by atoms with E-state index in [9.17, 15) is 27.9 Å². The number of aliphatic hydroxyl groups is 1. The number of carbonyl (C=O) groups excluding carboxylic acids is 2. The lowest BCUT2D eigenvalue weighted by atomic mass is 10.1. The first-order valence-electron chi connectivity index (χ1n) is 9.36. The number of nitrogens with one attached hydrogen (secondary N) is 3. The Labute approximate surface area is 180 Å². The van der Waals surface area contributed by atoms with Crippen molar-refractivity contribution >= 4 is 34.7 Å². The van der Waals surface area contributed by atoms with Crippen LogP contribution in [0.25, 0.3) is 0 Å². The highest BCUT2D eigenvalue weighted by Gasteiger charge is 2.39. The standard InChI is InChI=1S/C20H20F3N5O4/c21-20(22,23)27-13-2-1-3-14(10-13)28-8-9-32-16(19(28)31)15(29)18(30)26-12-6-4-11(5-7-12)17(24)25/h1-7,10,15-16,27,29H,8-9H2,(H3,24,25)(H,26,30)/t15-,16-/m1/s1. The molecule has 0 aromatic heterocycles. The molecule has 6 N–H and O–H groups in total. The number of morpholine rings is 1. The largest absolute Gasteiger partial charge is 0.482 e. The van der Waals surface area contributed by atoms with Crippen molar-refractivity contribution in [1.29, 1.82) is 5.41 Å². The monoisotopic (exact) mass is 451 g/mol. The average Bonchev–Trinajstić information content (AvgIpc) is 2.72. The topological polar surface area (TPSA) is 141 Å². The van der Waals surface area contributed by atoms with Gasteiger partial charge in [0.1, 0.15) is 5.84 Å². The first-order chi connectivity index (χ1) is 15.0. The highest BCUT2D eigenvalue weighted by atomic mass is 19.4. The van der Waals surface area contributed by atoms with Gasteiger partial charge in [-0.2, -0.15) is 13.2 Å². The first kappa shape index (κ1) is 23.0. The van der Waals surface area contributed by atoms with Crippen molar-refractivity contribution in [2.75, 3.05) is 28.7 Å². The Morgan fingerprint density at radius 3 is 2.53 bits per heavy atom. The zero-order valence-corrected chi connectivity index (χ0v) is 16.5. The zero-order chi connectivity index (χ0) is 23.5. The van der Waals surface area contributed by atoms with Crippen LogP contribution in [0, 0.1) is 5.41 Å². The third kappa shape index (κ3) is 5.53. The van der Waals surface area contributed by atoms with Gasteiger partial charge in [-0.15, -0.1) is 0 Å². The third-order valence-electron chi connectivity index (χ3n) is 4.58. The van der Waals surface area contributed by atoms with E-state index in [1.165, 1.54) is 47.8 Å². The Hall–Kier alpha value is -3.64. The number of amides is 2. The summed E-state index contributed by atoms with van der Waals surface area (Å²) in [5.74, 6) is -1.83. The van der Waals surface area contributed by atoms with Crippen LogP contribution in [0.5, 0.6) is 0 Å². The van der Waals surface area contributed by atoms with Crippen LogP contribution in [-0.4, -0.2) is 54.4 Å². The van der Waals surface area contributed by atoms with Gasteiger partial charge in [-0.25, -0.2) is 0 Å². The Bertz CT molecular complexity index is 1010. The van der Waals surface area contributed by atoms with Crippen LogP contribution in [0.15, 0.2) is 48.5 Å². The van der Waals surface area contributed by atoms with Crippen LogP contribution in [0.1, 0.15) is 5.56 Å². The summed E-state index contributed by atoms with van der Waals surface area (Å²) < 4.78 is 43.0. The van der Waals surface area contributed by atoms with E-state index < -0.39 is 30.3 Å². The van der Waals surface area contributed by atoms with E-state index in [1.807, 2.05) is 0 Å². The van der Waals surface area contributed by atoms with E-state index in [2.05, 4.69) is 5.32 Å². The van der Waals surface area contributed by atoms with Gasteiger partial charge in [0.05, 0.1) is 6.61 Å². The molecule has 1 heterocycles. The molecule has 9 nitrogen and oxygen atoms in total. The molecular weight excluding hydrogens is 431 g/mol.